The molecule has 0 N–H and O–H groups in total. The molecule has 0 heterocycles. The van der Waals surface area contributed by atoms with Gasteiger partial charge in [0.05, 0.1) is 0 Å². The van der Waals surface area contributed by atoms with Crippen molar-refractivity contribution >= 4 is 116 Å². The molecule has 0 aliphatic heterocycles. The third-order valence-electron chi connectivity index (χ3n) is 1.34. The predicted molar refractivity (Wildman–Crippen MR) is 78.6 cm³/mol. The van der Waals surface area contributed by atoms with Crippen LogP contribution in [0, 0.1) is 0 Å². The topological polar surface area (TPSA) is 0 Å². The molecule has 0 spiro atoms. The van der Waals surface area contributed by atoms with Gasteiger partial charge in [0.1, 0.15) is 9.87 Å². The first-order chi connectivity index (χ1) is 6.82. The third kappa shape index (κ3) is 4.96. The molecular weight excluding hydrogens is 427 g/mol. The number of alkyl halides is 8. The average Bonchev–Trinajstić information content (AvgIpc) is 1.98. The van der Waals surface area contributed by atoms with Crippen LogP contribution in [-0.2, 0) is 0 Å². The van der Waals surface area contributed by atoms with Crippen LogP contribution >= 0.6 is 116 Å². The van der Waals surface area contributed by atoms with E-state index in [1.165, 1.54) is 0 Å². The second kappa shape index (κ2) is 6.39. The molecule has 16 heavy (non-hydrogen) atoms. The molecule has 0 aromatic rings. The van der Waals surface area contributed by atoms with Crippen LogP contribution in [0.3, 0.4) is 0 Å². The van der Waals surface area contributed by atoms with Gasteiger partial charge in [-0.05, 0) is 6.08 Å². The summed E-state index contributed by atoms with van der Waals surface area (Å²) >= 11 is 56.5. The molecule has 0 amide bonds. The first-order valence-electron chi connectivity index (χ1n) is 3.32. The molecule has 0 fully saturated rings. The number of allylic oxidation sites excluding steroid dienone is 1. The minimum atomic E-state index is -2.03. The summed E-state index contributed by atoms with van der Waals surface area (Å²) in [6, 6.07) is 0. The van der Waals surface area contributed by atoms with Crippen LogP contribution in [0.15, 0.2) is 10.6 Å². The lowest BCUT2D eigenvalue weighted by Gasteiger charge is -2.36. The van der Waals surface area contributed by atoms with Crippen LogP contribution in [-0.4, -0.2) is 17.8 Å². The summed E-state index contributed by atoms with van der Waals surface area (Å²) in [6.07, 6.45) is 0.963. The van der Waals surface area contributed by atoms with Gasteiger partial charge >= 0.3 is 0 Å². The lowest BCUT2D eigenvalue weighted by molar-refractivity contribution is 0.694. The summed E-state index contributed by atoms with van der Waals surface area (Å²) in [7, 11) is 0. The average molecular weight is 429 g/mol. The van der Waals surface area contributed by atoms with E-state index in [9.17, 15) is 0 Å². The van der Waals surface area contributed by atoms with E-state index in [0.717, 1.165) is 6.08 Å². The highest BCUT2D eigenvalue weighted by Crippen LogP contribution is 2.54. The van der Waals surface area contributed by atoms with Gasteiger partial charge in [0.25, 0.3) is 0 Å². The second-order valence-electron chi connectivity index (χ2n) is 2.58. The van der Waals surface area contributed by atoms with Crippen molar-refractivity contribution in [3.05, 3.63) is 10.6 Å². The molecule has 0 aliphatic rings. The number of hydrogen-bond acceptors (Lipinski definition) is 0. The van der Waals surface area contributed by atoms with E-state index in [1.54, 1.807) is 0 Å². The largest absolute Gasteiger partial charge is 0.209 e. The molecule has 96 valence electrons. The summed E-state index contributed by atoms with van der Waals surface area (Å²) in [4.78, 5) is 0. The summed E-state index contributed by atoms with van der Waals surface area (Å²) in [5.74, 6) is 0. The lowest BCUT2D eigenvalue weighted by atomic mass is 10.2. The third-order valence-corrected chi connectivity index (χ3v) is 5.66. The maximum absolute atomic E-state index is 5.86. The van der Waals surface area contributed by atoms with Crippen LogP contribution < -0.4 is 0 Å². The standard InChI is InChI=1S/C6H2Cl10/c7-2(8)1-4(10,11)5(12,13)3(9)6(14,15)16/h1,3H. The van der Waals surface area contributed by atoms with Crippen molar-refractivity contribution in [1.82, 2.24) is 0 Å². The number of halogens is 10. The van der Waals surface area contributed by atoms with Gasteiger partial charge in [-0.1, -0.05) is 104 Å². The minimum Gasteiger partial charge on any atom is -0.115 e. The van der Waals surface area contributed by atoms with Crippen molar-refractivity contribution in [2.75, 3.05) is 0 Å². The summed E-state index contributed by atoms with van der Waals surface area (Å²) in [6.45, 7) is 0. The van der Waals surface area contributed by atoms with E-state index in [-0.39, 0.29) is 4.49 Å². The summed E-state index contributed by atoms with van der Waals surface area (Å²) < 4.78 is -6.21. The fourth-order valence-electron chi connectivity index (χ4n) is 0.608. The number of rotatable bonds is 3. The molecule has 0 rings (SSSR count). The van der Waals surface area contributed by atoms with E-state index in [0.29, 0.717) is 0 Å². The van der Waals surface area contributed by atoms with Crippen LogP contribution in [0.2, 0.25) is 0 Å². The molecule has 1 unspecified atom stereocenters. The van der Waals surface area contributed by atoms with E-state index in [2.05, 4.69) is 0 Å². The first-order valence-corrected chi connectivity index (χ1v) is 7.16. The highest BCUT2D eigenvalue weighted by Gasteiger charge is 2.57. The Labute approximate surface area is 143 Å². The molecule has 0 aromatic carbocycles. The van der Waals surface area contributed by atoms with Gasteiger partial charge in [-0.3, -0.25) is 0 Å². The Morgan fingerprint density at radius 1 is 0.875 bits per heavy atom. The molecule has 10 heteroatoms. The number of hydrogen-bond donors (Lipinski definition) is 0. The van der Waals surface area contributed by atoms with Crippen LogP contribution in [0.25, 0.3) is 0 Å². The predicted octanol–water partition coefficient (Wildman–Crippen LogP) is 6.63. The Kier molecular flexibility index (Phi) is 7.45. The fourth-order valence-corrected chi connectivity index (χ4v) is 3.14. The normalized spacial score (nSPS) is 15.9. The lowest BCUT2D eigenvalue weighted by Crippen LogP contribution is -2.48. The quantitative estimate of drug-likeness (QED) is 0.443. The Morgan fingerprint density at radius 3 is 1.50 bits per heavy atom. The maximum atomic E-state index is 5.86. The minimum absolute atomic E-state index is 0.260. The van der Waals surface area contributed by atoms with E-state index in [4.69, 9.17) is 116 Å². The molecule has 0 saturated carbocycles. The molecule has 0 radical (unpaired) electrons. The van der Waals surface area contributed by atoms with Crippen molar-refractivity contribution in [3.8, 4) is 0 Å². The maximum Gasteiger partial charge on any atom is 0.209 e. The molecular formula is C6H2Cl10. The van der Waals surface area contributed by atoms with Crippen LogP contribution in [0.1, 0.15) is 0 Å². The molecule has 0 saturated heterocycles. The zero-order chi connectivity index (χ0) is 13.4. The highest BCUT2D eigenvalue weighted by atomic mass is 35.6. The van der Waals surface area contributed by atoms with Crippen molar-refractivity contribution in [3.63, 3.8) is 0 Å². The van der Waals surface area contributed by atoms with Gasteiger partial charge in [0, 0.05) is 0 Å². The van der Waals surface area contributed by atoms with Gasteiger partial charge < -0.3 is 0 Å². The van der Waals surface area contributed by atoms with Gasteiger partial charge in [-0.25, -0.2) is 0 Å². The van der Waals surface area contributed by atoms with E-state index in [1.807, 2.05) is 0 Å². The second-order valence-corrected chi connectivity index (χ2v) is 9.17. The summed E-state index contributed by atoms with van der Waals surface area (Å²) in [5, 5.41) is -1.41. The Morgan fingerprint density at radius 2 is 1.25 bits per heavy atom. The van der Waals surface area contributed by atoms with Gasteiger partial charge in [-0.15, -0.1) is 11.6 Å². The Balaban J connectivity index is 5.27. The molecule has 0 aromatic heterocycles. The van der Waals surface area contributed by atoms with Gasteiger partial charge in [0.2, 0.25) is 3.79 Å². The SMILES string of the molecule is ClC(Cl)=CC(Cl)(Cl)C(Cl)(Cl)C(Cl)C(Cl)(Cl)Cl. The van der Waals surface area contributed by atoms with Gasteiger partial charge in [-0.2, -0.15) is 0 Å². The van der Waals surface area contributed by atoms with Crippen LogP contribution in [0.5, 0.6) is 0 Å². The monoisotopic (exact) mass is 424 g/mol. The van der Waals surface area contributed by atoms with E-state index >= 15 is 0 Å². The van der Waals surface area contributed by atoms with Crippen molar-refractivity contribution in [2.45, 2.75) is 17.8 Å². The zero-order valence-corrected chi connectivity index (χ0v) is 14.5. The zero-order valence-electron chi connectivity index (χ0n) is 6.93. The fraction of sp³-hybridized carbons (Fsp3) is 0.667. The van der Waals surface area contributed by atoms with E-state index < -0.39 is 17.8 Å². The molecule has 0 nitrogen and oxygen atoms in total. The molecule has 1 atom stereocenters. The van der Waals surface area contributed by atoms with Crippen molar-refractivity contribution in [1.29, 1.82) is 0 Å². The Bertz CT molecular complexity index is 270. The Hall–Kier alpha value is 2.64. The molecule has 0 aliphatic carbocycles. The van der Waals surface area contributed by atoms with Crippen molar-refractivity contribution in [2.24, 2.45) is 0 Å². The highest BCUT2D eigenvalue weighted by molar-refractivity contribution is 6.74. The molecule has 0 bridgehead atoms. The van der Waals surface area contributed by atoms with Crippen LogP contribution in [0.4, 0.5) is 0 Å². The first kappa shape index (κ1) is 18.6. The smallest absolute Gasteiger partial charge is 0.115 e. The van der Waals surface area contributed by atoms with Crippen molar-refractivity contribution < 1.29 is 0 Å². The van der Waals surface area contributed by atoms with Gasteiger partial charge in [0.15, 0.2) is 8.67 Å². The summed E-state index contributed by atoms with van der Waals surface area (Å²) in [5.41, 5.74) is 0.